The van der Waals surface area contributed by atoms with Crippen LogP contribution in [0.4, 0.5) is 11.4 Å². The molecular formula is C19H21N3O. The van der Waals surface area contributed by atoms with Gasteiger partial charge in [0.25, 0.3) is 0 Å². The monoisotopic (exact) mass is 307 g/mol. The van der Waals surface area contributed by atoms with Crippen LogP contribution in [0, 0.1) is 0 Å². The molecule has 4 heteroatoms. The summed E-state index contributed by atoms with van der Waals surface area (Å²) in [5, 5.41) is 0. The van der Waals surface area contributed by atoms with Crippen molar-refractivity contribution >= 4 is 23.4 Å². The van der Waals surface area contributed by atoms with E-state index in [1.54, 1.807) is 6.08 Å². The second kappa shape index (κ2) is 7.01. The summed E-state index contributed by atoms with van der Waals surface area (Å²) in [7, 11) is 0. The van der Waals surface area contributed by atoms with Crippen molar-refractivity contribution in [2.45, 2.75) is 0 Å². The summed E-state index contributed by atoms with van der Waals surface area (Å²) in [6.45, 7) is 3.16. The van der Waals surface area contributed by atoms with Gasteiger partial charge in [-0.15, -0.1) is 0 Å². The maximum Gasteiger partial charge on any atom is 0.246 e. The number of amides is 1. The van der Waals surface area contributed by atoms with E-state index in [0.717, 1.165) is 43.1 Å². The van der Waals surface area contributed by atoms with E-state index in [4.69, 9.17) is 5.73 Å². The fraction of sp³-hybridized carbons (Fsp3) is 0.211. The molecule has 1 fully saturated rings. The highest BCUT2D eigenvalue weighted by Gasteiger charge is 2.19. The number of benzene rings is 2. The largest absolute Gasteiger partial charge is 0.399 e. The van der Waals surface area contributed by atoms with Crippen molar-refractivity contribution in [1.82, 2.24) is 4.90 Å². The Morgan fingerprint density at radius 2 is 1.57 bits per heavy atom. The number of carbonyl (C=O) groups is 1. The zero-order valence-corrected chi connectivity index (χ0v) is 13.1. The van der Waals surface area contributed by atoms with Gasteiger partial charge in [-0.25, -0.2) is 0 Å². The first-order valence-corrected chi connectivity index (χ1v) is 7.85. The van der Waals surface area contributed by atoms with Crippen LogP contribution in [-0.2, 0) is 4.79 Å². The van der Waals surface area contributed by atoms with Gasteiger partial charge in [0, 0.05) is 43.6 Å². The van der Waals surface area contributed by atoms with Gasteiger partial charge in [0.05, 0.1) is 0 Å². The summed E-state index contributed by atoms with van der Waals surface area (Å²) in [6.07, 6.45) is 3.53. The second-order valence-electron chi connectivity index (χ2n) is 5.65. The predicted molar refractivity (Wildman–Crippen MR) is 95.1 cm³/mol. The Morgan fingerprint density at radius 1 is 0.913 bits per heavy atom. The van der Waals surface area contributed by atoms with Crippen molar-refractivity contribution < 1.29 is 4.79 Å². The topological polar surface area (TPSA) is 49.6 Å². The summed E-state index contributed by atoms with van der Waals surface area (Å²) >= 11 is 0. The molecule has 0 aromatic heterocycles. The lowest BCUT2D eigenvalue weighted by molar-refractivity contribution is -0.126. The average Bonchev–Trinajstić information content (AvgIpc) is 2.61. The minimum atomic E-state index is 0.0748. The fourth-order valence-electron chi connectivity index (χ4n) is 2.71. The summed E-state index contributed by atoms with van der Waals surface area (Å²) in [5.41, 5.74) is 8.69. The van der Waals surface area contributed by atoms with Crippen molar-refractivity contribution in [1.29, 1.82) is 0 Å². The van der Waals surface area contributed by atoms with Gasteiger partial charge in [0.1, 0.15) is 0 Å². The number of nitrogen functional groups attached to an aromatic ring is 1. The fourth-order valence-corrected chi connectivity index (χ4v) is 2.71. The van der Waals surface area contributed by atoms with E-state index in [-0.39, 0.29) is 5.91 Å². The number of piperazine rings is 1. The molecule has 0 saturated carbocycles. The van der Waals surface area contributed by atoms with E-state index >= 15 is 0 Å². The van der Waals surface area contributed by atoms with Gasteiger partial charge in [0.2, 0.25) is 5.91 Å². The predicted octanol–water partition coefficient (Wildman–Crippen LogP) is 2.63. The summed E-state index contributed by atoms with van der Waals surface area (Å²) in [5.74, 6) is 0.0748. The van der Waals surface area contributed by atoms with Crippen LogP contribution in [0.3, 0.4) is 0 Å². The molecule has 2 aromatic carbocycles. The summed E-state index contributed by atoms with van der Waals surface area (Å²) < 4.78 is 0. The Hall–Kier alpha value is -2.75. The Kier molecular flexibility index (Phi) is 4.62. The molecule has 0 spiro atoms. The van der Waals surface area contributed by atoms with Crippen LogP contribution in [0.1, 0.15) is 5.56 Å². The highest BCUT2D eigenvalue weighted by Crippen LogP contribution is 2.18. The molecule has 2 N–H and O–H groups in total. The molecule has 1 amide bonds. The van der Waals surface area contributed by atoms with Gasteiger partial charge in [0.15, 0.2) is 0 Å². The van der Waals surface area contributed by atoms with Gasteiger partial charge in [-0.3, -0.25) is 4.79 Å². The van der Waals surface area contributed by atoms with E-state index in [1.807, 2.05) is 65.6 Å². The van der Waals surface area contributed by atoms with Crippen molar-refractivity contribution in [3.05, 3.63) is 66.2 Å². The SMILES string of the molecule is Nc1ccc(N2CCN(C(=O)/C=C\c3ccccc3)CC2)cc1. The van der Waals surface area contributed by atoms with E-state index in [0.29, 0.717) is 0 Å². The minimum Gasteiger partial charge on any atom is -0.399 e. The first kappa shape index (κ1) is 15.2. The van der Waals surface area contributed by atoms with Crippen molar-refractivity contribution in [3.63, 3.8) is 0 Å². The Morgan fingerprint density at radius 3 is 2.22 bits per heavy atom. The van der Waals surface area contributed by atoms with Crippen LogP contribution in [0.15, 0.2) is 60.7 Å². The van der Waals surface area contributed by atoms with E-state index in [2.05, 4.69) is 4.90 Å². The normalized spacial score (nSPS) is 15.1. The number of anilines is 2. The molecule has 2 aromatic rings. The lowest BCUT2D eigenvalue weighted by Gasteiger charge is -2.35. The lowest BCUT2D eigenvalue weighted by Crippen LogP contribution is -2.48. The zero-order valence-electron chi connectivity index (χ0n) is 13.1. The molecule has 0 radical (unpaired) electrons. The lowest BCUT2D eigenvalue weighted by atomic mass is 10.2. The first-order chi connectivity index (χ1) is 11.2. The van der Waals surface area contributed by atoms with Gasteiger partial charge >= 0.3 is 0 Å². The molecule has 0 bridgehead atoms. The molecular weight excluding hydrogens is 286 g/mol. The number of hydrogen-bond acceptors (Lipinski definition) is 3. The molecule has 23 heavy (non-hydrogen) atoms. The third-order valence-electron chi connectivity index (χ3n) is 4.07. The smallest absolute Gasteiger partial charge is 0.246 e. The number of nitrogens with zero attached hydrogens (tertiary/aromatic N) is 2. The van der Waals surface area contributed by atoms with Crippen LogP contribution in [0.5, 0.6) is 0 Å². The van der Waals surface area contributed by atoms with E-state index in [9.17, 15) is 4.79 Å². The van der Waals surface area contributed by atoms with Crippen LogP contribution >= 0.6 is 0 Å². The molecule has 1 saturated heterocycles. The number of hydrogen-bond donors (Lipinski definition) is 1. The molecule has 0 atom stereocenters. The Bertz CT molecular complexity index is 672. The van der Waals surface area contributed by atoms with Gasteiger partial charge in [-0.2, -0.15) is 0 Å². The van der Waals surface area contributed by atoms with Crippen LogP contribution < -0.4 is 10.6 Å². The average molecular weight is 307 g/mol. The molecule has 1 aliphatic heterocycles. The van der Waals surface area contributed by atoms with Crippen LogP contribution in [-0.4, -0.2) is 37.0 Å². The number of carbonyl (C=O) groups excluding carboxylic acids is 1. The van der Waals surface area contributed by atoms with Crippen molar-refractivity contribution in [3.8, 4) is 0 Å². The molecule has 0 aliphatic carbocycles. The molecule has 3 rings (SSSR count). The first-order valence-electron chi connectivity index (χ1n) is 7.85. The summed E-state index contributed by atoms with van der Waals surface area (Å²) in [6, 6.07) is 17.8. The minimum absolute atomic E-state index is 0.0748. The van der Waals surface area contributed by atoms with Crippen molar-refractivity contribution in [2.75, 3.05) is 36.8 Å². The molecule has 4 nitrogen and oxygen atoms in total. The second-order valence-corrected chi connectivity index (χ2v) is 5.65. The molecule has 0 unspecified atom stereocenters. The molecule has 1 heterocycles. The van der Waals surface area contributed by atoms with E-state index in [1.165, 1.54) is 0 Å². The third-order valence-corrected chi connectivity index (χ3v) is 4.07. The number of rotatable bonds is 3. The highest BCUT2D eigenvalue weighted by atomic mass is 16.2. The standard InChI is InChI=1S/C19H21N3O/c20-17-7-9-18(10-8-17)21-12-14-22(15-13-21)19(23)11-6-16-4-2-1-3-5-16/h1-11H,12-15,20H2/b11-6-. The molecule has 118 valence electrons. The zero-order chi connectivity index (χ0) is 16.1. The Labute approximate surface area is 136 Å². The maximum absolute atomic E-state index is 12.3. The van der Waals surface area contributed by atoms with Crippen LogP contribution in [0.2, 0.25) is 0 Å². The van der Waals surface area contributed by atoms with Crippen LogP contribution in [0.25, 0.3) is 6.08 Å². The van der Waals surface area contributed by atoms with Gasteiger partial charge in [-0.1, -0.05) is 30.3 Å². The third kappa shape index (κ3) is 3.92. The van der Waals surface area contributed by atoms with E-state index < -0.39 is 0 Å². The molecule has 1 aliphatic rings. The maximum atomic E-state index is 12.3. The highest BCUT2D eigenvalue weighted by molar-refractivity contribution is 5.92. The number of nitrogens with two attached hydrogens (primary N) is 1. The van der Waals surface area contributed by atoms with Gasteiger partial charge < -0.3 is 15.5 Å². The Balaban J connectivity index is 1.55. The summed E-state index contributed by atoms with van der Waals surface area (Å²) in [4.78, 5) is 16.4. The van der Waals surface area contributed by atoms with Crippen molar-refractivity contribution in [2.24, 2.45) is 0 Å². The quantitative estimate of drug-likeness (QED) is 0.700. The van der Waals surface area contributed by atoms with Gasteiger partial charge in [-0.05, 0) is 35.9 Å².